The third-order valence-corrected chi connectivity index (χ3v) is 7.36. The fourth-order valence-electron chi connectivity index (χ4n) is 3.23. The minimum atomic E-state index is -4.24. The molecule has 0 unspecified atom stereocenters. The first-order valence-corrected chi connectivity index (χ1v) is 12.5. The number of sulfonamides is 1. The fourth-order valence-corrected chi connectivity index (χ4v) is 5.18. The molecule has 0 saturated heterocycles. The van der Waals surface area contributed by atoms with Crippen molar-refractivity contribution in [2.24, 2.45) is 0 Å². The van der Waals surface area contributed by atoms with Gasteiger partial charge in [-0.25, -0.2) is 8.42 Å². The van der Waals surface area contributed by atoms with Crippen molar-refractivity contribution in [2.75, 3.05) is 29.9 Å². The second-order valence-corrected chi connectivity index (χ2v) is 9.89. The fraction of sp³-hybridized carbons (Fsp3) is 0.208. The normalized spacial score (nSPS) is 11.1. The molecule has 1 N–H and O–H groups in total. The average molecular weight is 523 g/mol. The van der Waals surface area contributed by atoms with Crippen LogP contribution in [0.25, 0.3) is 0 Å². The van der Waals surface area contributed by atoms with Crippen LogP contribution in [-0.4, -0.2) is 34.6 Å². The molecule has 0 saturated carbocycles. The van der Waals surface area contributed by atoms with Gasteiger partial charge >= 0.3 is 0 Å². The molecule has 0 radical (unpaired) electrons. The second kappa shape index (κ2) is 11.0. The summed E-state index contributed by atoms with van der Waals surface area (Å²) in [6.07, 6.45) is 0. The summed E-state index contributed by atoms with van der Waals surface area (Å²) in [7, 11) is -2.86. The maximum Gasteiger partial charge on any atom is 0.268 e. The number of benzene rings is 3. The van der Waals surface area contributed by atoms with Crippen molar-refractivity contribution in [3.05, 3.63) is 76.3 Å². The number of amides is 1. The average Bonchev–Trinajstić information content (AvgIpc) is 2.80. The van der Waals surface area contributed by atoms with Crippen molar-refractivity contribution in [2.45, 2.75) is 18.7 Å². The Kier molecular flexibility index (Phi) is 8.30. The summed E-state index contributed by atoms with van der Waals surface area (Å²) in [6, 6.07) is 16.0. The first-order chi connectivity index (χ1) is 16.2. The van der Waals surface area contributed by atoms with Gasteiger partial charge in [-0.2, -0.15) is 0 Å². The summed E-state index contributed by atoms with van der Waals surface area (Å²) < 4.78 is 39.4. The number of rotatable bonds is 9. The number of halogens is 2. The first kappa shape index (κ1) is 25.7. The third kappa shape index (κ3) is 5.75. The zero-order valence-electron chi connectivity index (χ0n) is 18.8. The SMILES string of the molecule is CCOc1ccccc1NC(=O)CN(c1ccc(Cl)c(Cl)c1)S(=O)(=O)c1cc(C)ccc1OC. The zero-order chi connectivity index (χ0) is 24.9. The molecule has 0 atom stereocenters. The molecule has 0 fully saturated rings. The predicted molar refractivity (Wildman–Crippen MR) is 135 cm³/mol. The van der Waals surface area contributed by atoms with E-state index in [0.29, 0.717) is 23.6 Å². The number of hydrogen-bond acceptors (Lipinski definition) is 5. The standard InChI is InChI=1S/C24H24Cl2N2O5S/c1-4-33-21-8-6-5-7-20(21)27-24(29)15-28(17-10-11-18(25)19(26)14-17)34(30,31)23-13-16(2)9-12-22(23)32-3/h5-14H,4,15H2,1-3H3,(H,27,29). The van der Waals surface area contributed by atoms with E-state index in [-0.39, 0.29) is 26.4 Å². The minimum absolute atomic E-state index is 0.0800. The van der Waals surface area contributed by atoms with Crippen molar-refractivity contribution < 1.29 is 22.7 Å². The molecule has 1 amide bonds. The van der Waals surface area contributed by atoms with Gasteiger partial charge in [-0.05, 0) is 61.9 Å². The molecule has 0 aromatic heterocycles. The zero-order valence-corrected chi connectivity index (χ0v) is 21.2. The van der Waals surface area contributed by atoms with E-state index in [4.69, 9.17) is 32.7 Å². The molecule has 0 spiro atoms. The first-order valence-electron chi connectivity index (χ1n) is 10.3. The summed E-state index contributed by atoms with van der Waals surface area (Å²) in [5.74, 6) is 0.0498. The largest absolute Gasteiger partial charge is 0.495 e. The number of nitrogens with zero attached hydrogens (tertiary/aromatic N) is 1. The number of nitrogens with one attached hydrogen (secondary N) is 1. The molecule has 3 aromatic rings. The van der Waals surface area contributed by atoms with Crippen LogP contribution in [0, 0.1) is 6.92 Å². The highest BCUT2D eigenvalue weighted by molar-refractivity contribution is 7.93. The second-order valence-electron chi connectivity index (χ2n) is 7.24. The van der Waals surface area contributed by atoms with Crippen LogP contribution in [0.3, 0.4) is 0 Å². The van der Waals surface area contributed by atoms with Gasteiger partial charge in [-0.15, -0.1) is 0 Å². The number of para-hydroxylation sites is 2. The summed E-state index contributed by atoms with van der Waals surface area (Å²) in [4.78, 5) is 13.0. The number of carbonyl (C=O) groups excluding carboxylic acids is 1. The third-order valence-electron chi connectivity index (χ3n) is 4.83. The van der Waals surface area contributed by atoms with Gasteiger partial charge in [-0.3, -0.25) is 9.10 Å². The number of carbonyl (C=O) groups is 1. The molecular formula is C24H24Cl2N2O5S. The molecule has 0 aliphatic carbocycles. The molecule has 7 nitrogen and oxygen atoms in total. The van der Waals surface area contributed by atoms with Crippen molar-refractivity contribution in [3.63, 3.8) is 0 Å². The molecule has 0 aliphatic heterocycles. The number of methoxy groups -OCH3 is 1. The van der Waals surface area contributed by atoms with Gasteiger partial charge in [0.1, 0.15) is 22.9 Å². The van der Waals surface area contributed by atoms with E-state index >= 15 is 0 Å². The van der Waals surface area contributed by atoms with Crippen LogP contribution < -0.4 is 19.1 Å². The van der Waals surface area contributed by atoms with E-state index in [1.54, 1.807) is 43.3 Å². The van der Waals surface area contributed by atoms with Crippen molar-refractivity contribution in [3.8, 4) is 11.5 Å². The Balaban J connectivity index is 2.04. The summed E-state index contributed by atoms with van der Waals surface area (Å²) in [6.45, 7) is 3.47. The van der Waals surface area contributed by atoms with Crippen LogP contribution in [0.5, 0.6) is 11.5 Å². The maximum absolute atomic E-state index is 13.8. The van der Waals surface area contributed by atoms with E-state index in [9.17, 15) is 13.2 Å². The van der Waals surface area contributed by atoms with E-state index in [1.807, 2.05) is 6.92 Å². The lowest BCUT2D eigenvalue weighted by molar-refractivity contribution is -0.114. The molecular weight excluding hydrogens is 499 g/mol. The van der Waals surface area contributed by atoms with Crippen molar-refractivity contribution >= 4 is 50.5 Å². The van der Waals surface area contributed by atoms with E-state index < -0.39 is 22.5 Å². The van der Waals surface area contributed by atoms with Gasteiger partial charge in [0.2, 0.25) is 5.91 Å². The summed E-state index contributed by atoms with van der Waals surface area (Å²) in [5.41, 5.74) is 1.31. The molecule has 0 heterocycles. The lowest BCUT2D eigenvalue weighted by Gasteiger charge is -2.25. The maximum atomic E-state index is 13.8. The predicted octanol–water partition coefficient (Wildman–Crippen LogP) is 5.54. The number of ether oxygens (including phenoxy) is 2. The highest BCUT2D eigenvalue weighted by atomic mass is 35.5. The quantitative estimate of drug-likeness (QED) is 0.398. The Morgan fingerprint density at radius 2 is 1.74 bits per heavy atom. The van der Waals surface area contributed by atoms with Gasteiger partial charge in [-0.1, -0.05) is 41.4 Å². The van der Waals surface area contributed by atoms with Gasteiger partial charge in [0, 0.05) is 0 Å². The molecule has 0 bridgehead atoms. The lowest BCUT2D eigenvalue weighted by Crippen LogP contribution is -2.38. The van der Waals surface area contributed by atoms with E-state index in [0.717, 1.165) is 4.31 Å². The summed E-state index contributed by atoms with van der Waals surface area (Å²) >= 11 is 12.2. The Hall–Kier alpha value is -2.94. The smallest absolute Gasteiger partial charge is 0.268 e. The highest BCUT2D eigenvalue weighted by Gasteiger charge is 2.31. The molecule has 10 heteroatoms. The number of hydrogen-bond donors (Lipinski definition) is 1. The number of aryl methyl sites for hydroxylation is 1. The van der Waals surface area contributed by atoms with Gasteiger partial charge in [0.05, 0.1) is 35.1 Å². The molecule has 3 rings (SSSR count). The van der Waals surface area contributed by atoms with Crippen LogP contribution in [0.15, 0.2) is 65.6 Å². The Labute approximate surface area is 209 Å². The van der Waals surface area contributed by atoms with Crippen LogP contribution in [0.4, 0.5) is 11.4 Å². The monoisotopic (exact) mass is 522 g/mol. The minimum Gasteiger partial charge on any atom is -0.495 e. The molecule has 0 aliphatic rings. The Bertz CT molecular complexity index is 1300. The van der Waals surface area contributed by atoms with Gasteiger partial charge in [0.15, 0.2) is 0 Å². The highest BCUT2D eigenvalue weighted by Crippen LogP contribution is 2.34. The number of anilines is 2. The van der Waals surface area contributed by atoms with Crippen molar-refractivity contribution in [1.29, 1.82) is 0 Å². The van der Waals surface area contributed by atoms with Gasteiger partial charge < -0.3 is 14.8 Å². The van der Waals surface area contributed by atoms with Crippen molar-refractivity contribution in [1.82, 2.24) is 0 Å². The lowest BCUT2D eigenvalue weighted by atomic mass is 10.2. The Morgan fingerprint density at radius 3 is 2.41 bits per heavy atom. The molecule has 3 aromatic carbocycles. The topological polar surface area (TPSA) is 84.9 Å². The van der Waals surface area contributed by atoms with E-state index in [1.165, 1.54) is 31.4 Å². The van der Waals surface area contributed by atoms with E-state index in [2.05, 4.69) is 5.32 Å². The van der Waals surface area contributed by atoms with Crippen LogP contribution in [0.1, 0.15) is 12.5 Å². The molecule has 34 heavy (non-hydrogen) atoms. The van der Waals surface area contributed by atoms with Crippen LogP contribution in [-0.2, 0) is 14.8 Å². The van der Waals surface area contributed by atoms with Crippen LogP contribution in [0.2, 0.25) is 10.0 Å². The summed E-state index contributed by atoms with van der Waals surface area (Å²) in [5, 5.41) is 3.13. The Morgan fingerprint density at radius 1 is 1.00 bits per heavy atom. The van der Waals surface area contributed by atoms with Gasteiger partial charge in [0.25, 0.3) is 10.0 Å². The molecule has 180 valence electrons. The van der Waals surface area contributed by atoms with Crippen LogP contribution >= 0.6 is 23.2 Å².